The van der Waals surface area contributed by atoms with E-state index in [2.05, 4.69) is 96.4 Å². The Balaban J connectivity index is 1.84. The van der Waals surface area contributed by atoms with Gasteiger partial charge in [0.15, 0.2) is 0 Å². The smallest absolute Gasteiger partial charge is 0.0809 e. The number of thiophene rings is 1. The molecule has 0 fully saturated rings. The molecule has 0 spiro atoms. The Hall–Kier alpha value is -2.28. The molecule has 116 valence electrons. The van der Waals surface area contributed by atoms with Crippen LogP contribution < -0.4 is 16.0 Å². The maximum Gasteiger partial charge on any atom is 0.0809 e. The number of pyridine rings is 1. The highest BCUT2D eigenvalue weighted by Crippen LogP contribution is 2.33. The molecule has 0 saturated heterocycles. The van der Waals surface area contributed by atoms with E-state index in [-0.39, 0.29) is 0 Å². The molecule has 0 aliphatic rings. The number of aromatic nitrogens is 1. The van der Waals surface area contributed by atoms with Crippen molar-refractivity contribution in [1.29, 1.82) is 0 Å². The molecule has 2 aromatic carbocycles. The van der Waals surface area contributed by atoms with Gasteiger partial charge in [-0.05, 0) is 34.2 Å². The summed E-state index contributed by atoms with van der Waals surface area (Å²) in [5, 5.41) is 4.75. The molecule has 4 aromatic rings. The Morgan fingerprint density at radius 2 is 1.29 bits per heavy atom. The van der Waals surface area contributed by atoms with Crippen LogP contribution in [-0.2, 0) is 0 Å². The van der Waals surface area contributed by atoms with Crippen molar-refractivity contribution in [3.05, 3.63) is 96.4 Å². The van der Waals surface area contributed by atoms with Crippen molar-refractivity contribution in [1.82, 2.24) is 4.98 Å². The Morgan fingerprint density at radius 3 is 1.88 bits per heavy atom. The SMILES string of the molecule is c1ccc(P(c2ccccc2)c2cccc(-c3cccs3)n2)cc1. The first-order valence-electron chi connectivity index (χ1n) is 7.83. The summed E-state index contributed by atoms with van der Waals surface area (Å²) in [5.74, 6) is 0. The fraction of sp³-hybridized carbons (Fsp3) is 0. The summed E-state index contributed by atoms with van der Waals surface area (Å²) in [7, 11) is -0.645. The zero-order valence-corrected chi connectivity index (χ0v) is 14.8. The van der Waals surface area contributed by atoms with Crippen molar-refractivity contribution in [3.8, 4) is 10.6 Å². The molecule has 0 amide bonds. The van der Waals surface area contributed by atoms with Gasteiger partial charge in [-0.15, -0.1) is 11.3 Å². The summed E-state index contributed by atoms with van der Waals surface area (Å²) in [6, 6.07) is 32.0. The van der Waals surface area contributed by atoms with Gasteiger partial charge in [0.05, 0.1) is 16.0 Å². The standard InChI is InChI=1S/C21H16NPS/c1-3-9-17(10-4-1)23(18-11-5-2-6-12-18)21-15-7-13-19(22-21)20-14-8-16-24-20/h1-16H. The fourth-order valence-electron chi connectivity index (χ4n) is 2.68. The molecule has 0 atom stereocenters. The van der Waals surface area contributed by atoms with Gasteiger partial charge in [0.1, 0.15) is 0 Å². The van der Waals surface area contributed by atoms with E-state index in [4.69, 9.17) is 4.98 Å². The molecule has 4 rings (SSSR count). The van der Waals surface area contributed by atoms with Crippen LogP contribution >= 0.6 is 19.3 Å². The lowest BCUT2D eigenvalue weighted by atomic mass is 10.3. The first-order valence-corrected chi connectivity index (χ1v) is 10.0. The van der Waals surface area contributed by atoms with Gasteiger partial charge >= 0.3 is 0 Å². The molecule has 1 nitrogen and oxygen atoms in total. The predicted octanol–water partition coefficient (Wildman–Crippen LogP) is 4.57. The lowest BCUT2D eigenvalue weighted by Crippen LogP contribution is -2.22. The number of hydrogen-bond donors (Lipinski definition) is 0. The monoisotopic (exact) mass is 345 g/mol. The number of hydrogen-bond acceptors (Lipinski definition) is 2. The first kappa shape index (κ1) is 15.3. The quantitative estimate of drug-likeness (QED) is 0.494. The summed E-state index contributed by atoms with van der Waals surface area (Å²) in [4.78, 5) is 6.22. The molecule has 24 heavy (non-hydrogen) atoms. The lowest BCUT2D eigenvalue weighted by Gasteiger charge is -2.18. The highest BCUT2D eigenvalue weighted by Gasteiger charge is 2.18. The van der Waals surface area contributed by atoms with Crippen LogP contribution in [0.1, 0.15) is 0 Å². The molecule has 0 aliphatic carbocycles. The van der Waals surface area contributed by atoms with Crippen LogP contribution in [0, 0.1) is 0 Å². The van der Waals surface area contributed by atoms with E-state index < -0.39 is 7.92 Å². The van der Waals surface area contributed by atoms with Crippen LogP contribution in [0.5, 0.6) is 0 Å². The third-order valence-electron chi connectivity index (χ3n) is 3.77. The second-order valence-corrected chi connectivity index (χ2v) is 8.47. The lowest BCUT2D eigenvalue weighted by molar-refractivity contribution is 1.40. The average molecular weight is 345 g/mol. The molecule has 0 aliphatic heterocycles. The van der Waals surface area contributed by atoms with Gasteiger partial charge in [-0.1, -0.05) is 72.8 Å². The predicted molar refractivity (Wildman–Crippen MR) is 106 cm³/mol. The van der Waals surface area contributed by atoms with E-state index in [1.165, 1.54) is 15.5 Å². The zero-order valence-electron chi connectivity index (χ0n) is 13.0. The van der Waals surface area contributed by atoms with E-state index in [1.54, 1.807) is 11.3 Å². The Morgan fingerprint density at radius 1 is 0.625 bits per heavy atom. The third kappa shape index (κ3) is 3.17. The van der Waals surface area contributed by atoms with E-state index in [1.807, 2.05) is 0 Å². The first-order chi connectivity index (χ1) is 11.9. The minimum Gasteiger partial charge on any atom is -0.247 e. The largest absolute Gasteiger partial charge is 0.247 e. The minimum absolute atomic E-state index is 0.645. The molecule has 2 heterocycles. The number of nitrogens with zero attached hydrogens (tertiary/aromatic N) is 1. The van der Waals surface area contributed by atoms with Crippen molar-refractivity contribution in [3.63, 3.8) is 0 Å². The number of rotatable bonds is 4. The molecule has 0 unspecified atom stereocenters. The molecule has 2 aromatic heterocycles. The molecule has 3 heteroatoms. The van der Waals surface area contributed by atoms with Gasteiger partial charge < -0.3 is 0 Å². The maximum absolute atomic E-state index is 5.01. The molecule has 0 N–H and O–H groups in total. The van der Waals surface area contributed by atoms with Gasteiger partial charge in [-0.3, -0.25) is 0 Å². The molecule has 0 bridgehead atoms. The van der Waals surface area contributed by atoms with E-state index >= 15 is 0 Å². The van der Waals surface area contributed by atoms with Crippen molar-refractivity contribution in [2.45, 2.75) is 0 Å². The average Bonchev–Trinajstić information content (AvgIpc) is 3.19. The second-order valence-electron chi connectivity index (χ2n) is 5.36. The van der Waals surface area contributed by atoms with Gasteiger partial charge in [-0.25, -0.2) is 4.98 Å². The van der Waals surface area contributed by atoms with Crippen molar-refractivity contribution < 1.29 is 0 Å². The summed E-state index contributed by atoms with van der Waals surface area (Å²) >= 11 is 1.73. The molecular formula is C21H16NPS. The Bertz CT molecular complexity index is 866. The molecule has 0 saturated carbocycles. The summed E-state index contributed by atoms with van der Waals surface area (Å²) in [6.45, 7) is 0. The van der Waals surface area contributed by atoms with E-state index in [0.29, 0.717) is 0 Å². The molecule has 0 radical (unpaired) electrons. The van der Waals surface area contributed by atoms with Gasteiger partial charge in [0, 0.05) is 7.92 Å². The molecular weight excluding hydrogens is 329 g/mol. The highest BCUT2D eigenvalue weighted by atomic mass is 32.1. The summed E-state index contributed by atoms with van der Waals surface area (Å²) < 4.78 is 0. The summed E-state index contributed by atoms with van der Waals surface area (Å²) in [6.07, 6.45) is 0. The van der Waals surface area contributed by atoms with Gasteiger partial charge in [0.25, 0.3) is 0 Å². The van der Waals surface area contributed by atoms with Crippen LogP contribution in [0.3, 0.4) is 0 Å². The van der Waals surface area contributed by atoms with Crippen LogP contribution in [0.4, 0.5) is 0 Å². The highest BCUT2D eigenvalue weighted by molar-refractivity contribution is 7.79. The van der Waals surface area contributed by atoms with Gasteiger partial charge in [-0.2, -0.15) is 0 Å². The normalized spacial score (nSPS) is 10.9. The van der Waals surface area contributed by atoms with Crippen LogP contribution in [0.15, 0.2) is 96.4 Å². The second kappa shape index (κ2) is 7.09. The Labute approximate surface area is 147 Å². The number of benzene rings is 2. The zero-order chi connectivity index (χ0) is 16.2. The topological polar surface area (TPSA) is 12.9 Å². The fourth-order valence-corrected chi connectivity index (χ4v) is 5.58. The third-order valence-corrected chi connectivity index (χ3v) is 6.99. The van der Waals surface area contributed by atoms with Crippen molar-refractivity contribution in [2.24, 2.45) is 0 Å². The minimum atomic E-state index is -0.645. The van der Waals surface area contributed by atoms with E-state index in [0.717, 1.165) is 11.1 Å². The van der Waals surface area contributed by atoms with Crippen molar-refractivity contribution in [2.75, 3.05) is 0 Å². The maximum atomic E-state index is 5.01. The van der Waals surface area contributed by atoms with E-state index in [9.17, 15) is 0 Å². The van der Waals surface area contributed by atoms with Crippen LogP contribution in [0.25, 0.3) is 10.6 Å². The van der Waals surface area contributed by atoms with Gasteiger partial charge in [0.2, 0.25) is 0 Å². The van der Waals surface area contributed by atoms with Crippen molar-refractivity contribution >= 4 is 35.3 Å². The van der Waals surface area contributed by atoms with Crippen LogP contribution in [0.2, 0.25) is 0 Å². The summed E-state index contributed by atoms with van der Waals surface area (Å²) in [5.41, 5.74) is 2.20. The Kier molecular flexibility index (Phi) is 4.51. The van der Waals surface area contributed by atoms with Crippen LogP contribution in [-0.4, -0.2) is 4.98 Å².